The van der Waals surface area contributed by atoms with E-state index in [0.29, 0.717) is 29.5 Å². The fourth-order valence-corrected chi connectivity index (χ4v) is 4.66. The average molecular weight is 427 g/mol. The van der Waals surface area contributed by atoms with Crippen molar-refractivity contribution in [1.82, 2.24) is 20.7 Å². The average Bonchev–Trinajstić information content (AvgIpc) is 3.16. The van der Waals surface area contributed by atoms with Crippen molar-refractivity contribution in [3.63, 3.8) is 0 Å². The molecule has 3 aromatic rings. The van der Waals surface area contributed by atoms with Gasteiger partial charge in [0, 0.05) is 22.5 Å². The minimum Gasteiger partial charge on any atom is -0.385 e. The standard InChI is InChI=1S/C18H14ClF3N4O3/c19-7-1-11(10-6-23-25-12(10)2-7)17(28)4-8-9(5-17)15(8)24-16(27)13-3-14(26-29-13)18(20,21)22/h1-3,6,8-9,15,28H,4-5H2,(H,23,25)(H,24,27)/t8-,9+,15-,17+. The van der Waals surface area contributed by atoms with Crippen molar-refractivity contribution in [3.8, 4) is 0 Å². The van der Waals surface area contributed by atoms with Gasteiger partial charge in [-0.3, -0.25) is 9.89 Å². The number of fused-ring (bicyclic) bond motifs is 2. The van der Waals surface area contributed by atoms with Gasteiger partial charge in [-0.2, -0.15) is 18.3 Å². The largest absolute Gasteiger partial charge is 0.436 e. The molecule has 4 atom stereocenters. The highest BCUT2D eigenvalue weighted by atomic mass is 35.5. The second-order valence-electron chi connectivity index (χ2n) is 7.63. The first-order valence-electron chi connectivity index (χ1n) is 8.86. The van der Waals surface area contributed by atoms with Crippen LogP contribution in [0.4, 0.5) is 13.2 Å². The third-order valence-electron chi connectivity index (χ3n) is 5.83. The lowest BCUT2D eigenvalue weighted by Gasteiger charge is -2.27. The van der Waals surface area contributed by atoms with Gasteiger partial charge in [-0.25, -0.2) is 0 Å². The van der Waals surface area contributed by atoms with Crippen molar-refractivity contribution < 1.29 is 27.6 Å². The molecule has 29 heavy (non-hydrogen) atoms. The summed E-state index contributed by atoms with van der Waals surface area (Å²) in [6.07, 6.45) is -2.25. The molecule has 0 bridgehead atoms. The highest BCUT2D eigenvalue weighted by Crippen LogP contribution is 2.60. The molecular weight excluding hydrogens is 413 g/mol. The van der Waals surface area contributed by atoms with E-state index in [-0.39, 0.29) is 17.9 Å². The number of halogens is 4. The molecular formula is C18H14ClF3N4O3. The molecule has 0 spiro atoms. The van der Waals surface area contributed by atoms with Crippen LogP contribution >= 0.6 is 11.6 Å². The molecule has 2 fully saturated rings. The first-order valence-corrected chi connectivity index (χ1v) is 9.24. The van der Waals surface area contributed by atoms with Crippen LogP contribution in [-0.2, 0) is 11.8 Å². The van der Waals surface area contributed by atoms with Crippen molar-refractivity contribution in [3.05, 3.63) is 46.4 Å². The summed E-state index contributed by atoms with van der Waals surface area (Å²) in [5.41, 5.74) is -0.967. The molecule has 2 heterocycles. The van der Waals surface area contributed by atoms with Crippen LogP contribution < -0.4 is 5.32 Å². The Hall–Kier alpha value is -2.59. The summed E-state index contributed by atoms with van der Waals surface area (Å²) in [5.74, 6) is -1.23. The number of alkyl halides is 3. The fourth-order valence-electron chi connectivity index (χ4n) is 4.44. The number of H-pyrrole nitrogens is 1. The molecule has 1 aromatic carbocycles. The van der Waals surface area contributed by atoms with E-state index in [9.17, 15) is 23.1 Å². The molecule has 0 saturated heterocycles. The first kappa shape index (κ1) is 18.4. The molecule has 1 amide bonds. The predicted molar refractivity (Wildman–Crippen MR) is 94.0 cm³/mol. The zero-order valence-electron chi connectivity index (χ0n) is 14.6. The van der Waals surface area contributed by atoms with E-state index >= 15 is 0 Å². The Morgan fingerprint density at radius 1 is 1.31 bits per heavy atom. The van der Waals surface area contributed by atoms with Gasteiger partial charge in [0.1, 0.15) is 0 Å². The number of nitrogens with zero attached hydrogens (tertiary/aromatic N) is 2. The third-order valence-corrected chi connectivity index (χ3v) is 6.04. The molecule has 0 unspecified atom stereocenters. The van der Waals surface area contributed by atoms with E-state index in [0.717, 1.165) is 10.9 Å². The van der Waals surface area contributed by atoms with Crippen LogP contribution in [0.2, 0.25) is 5.02 Å². The second kappa shape index (κ2) is 5.96. The van der Waals surface area contributed by atoms with Gasteiger partial charge in [0.25, 0.3) is 5.91 Å². The maximum atomic E-state index is 12.6. The van der Waals surface area contributed by atoms with Crippen LogP contribution in [0.1, 0.15) is 34.7 Å². The molecule has 3 N–H and O–H groups in total. The number of carbonyl (C=O) groups is 1. The summed E-state index contributed by atoms with van der Waals surface area (Å²) in [4.78, 5) is 12.2. The van der Waals surface area contributed by atoms with Gasteiger partial charge in [0.2, 0.25) is 5.76 Å². The number of aliphatic hydroxyl groups is 1. The van der Waals surface area contributed by atoms with Crippen LogP contribution in [0.15, 0.2) is 28.9 Å². The van der Waals surface area contributed by atoms with Crippen LogP contribution in [0.5, 0.6) is 0 Å². The summed E-state index contributed by atoms with van der Waals surface area (Å²) < 4.78 is 42.3. The van der Waals surface area contributed by atoms with Crippen LogP contribution in [0.3, 0.4) is 0 Å². The number of nitrogens with one attached hydrogen (secondary N) is 2. The van der Waals surface area contributed by atoms with Crippen LogP contribution in [-0.4, -0.2) is 32.4 Å². The molecule has 0 radical (unpaired) electrons. The molecule has 7 nitrogen and oxygen atoms in total. The number of aromatic nitrogens is 3. The zero-order valence-corrected chi connectivity index (χ0v) is 15.4. The molecule has 5 rings (SSSR count). The van der Waals surface area contributed by atoms with Crippen LogP contribution in [0.25, 0.3) is 10.9 Å². The summed E-state index contributed by atoms with van der Waals surface area (Å²) in [7, 11) is 0. The molecule has 0 aliphatic heterocycles. The maximum absolute atomic E-state index is 12.6. The lowest BCUT2D eigenvalue weighted by molar-refractivity contribution is -0.142. The van der Waals surface area contributed by atoms with E-state index in [1.165, 1.54) is 0 Å². The van der Waals surface area contributed by atoms with Crippen molar-refractivity contribution in [1.29, 1.82) is 0 Å². The van der Waals surface area contributed by atoms with Gasteiger partial charge in [-0.05, 0) is 42.4 Å². The van der Waals surface area contributed by atoms with Gasteiger partial charge in [0.15, 0.2) is 5.69 Å². The summed E-state index contributed by atoms with van der Waals surface area (Å²) in [5, 5.41) is 24.8. The smallest absolute Gasteiger partial charge is 0.385 e. The second-order valence-corrected chi connectivity index (χ2v) is 8.06. The number of hydrogen-bond donors (Lipinski definition) is 3. The number of amides is 1. The van der Waals surface area contributed by atoms with Crippen molar-refractivity contribution >= 4 is 28.4 Å². The Balaban J connectivity index is 1.29. The van der Waals surface area contributed by atoms with E-state index < -0.39 is 29.1 Å². The van der Waals surface area contributed by atoms with Crippen molar-refractivity contribution in [2.75, 3.05) is 0 Å². The predicted octanol–water partition coefficient (Wildman–Crippen LogP) is 3.25. The summed E-state index contributed by atoms with van der Waals surface area (Å²) >= 11 is 6.16. The lowest BCUT2D eigenvalue weighted by Crippen LogP contribution is -2.33. The van der Waals surface area contributed by atoms with E-state index in [2.05, 4.69) is 25.2 Å². The van der Waals surface area contributed by atoms with Gasteiger partial charge in [0.05, 0.1) is 17.3 Å². The highest BCUT2D eigenvalue weighted by Gasteiger charge is 2.62. The normalized spacial score (nSPS) is 28.5. The van der Waals surface area contributed by atoms with Gasteiger partial charge < -0.3 is 14.9 Å². The van der Waals surface area contributed by atoms with Crippen LogP contribution in [0, 0.1) is 11.8 Å². The highest BCUT2D eigenvalue weighted by molar-refractivity contribution is 6.31. The molecule has 11 heteroatoms. The van der Waals surface area contributed by atoms with Gasteiger partial charge in [-0.1, -0.05) is 16.8 Å². The zero-order chi connectivity index (χ0) is 20.6. The van der Waals surface area contributed by atoms with E-state index in [1.54, 1.807) is 18.3 Å². The summed E-state index contributed by atoms with van der Waals surface area (Å²) in [6.45, 7) is 0. The molecule has 2 aliphatic carbocycles. The minimum absolute atomic E-state index is 0.00916. The topological polar surface area (TPSA) is 104 Å². The number of rotatable bonds is 3. The monoisotopic (exact) mass is 426 g/mol. The number of carbonyl (C=O) groups excluding carboxylic acids is 1. The third kappa shape index (κ3) is 2.98. The Labute approximate surface area is 166 Å². The van der Waals surface area contributed by atoms with Crippen molar-refractivity contribution in [2.24, 2.45) is 11.8 Å². The number of benzene rings is 1. The number of aromatic amines is 1. The molecule has 2 aliphatic rings. The Morgan fingerprint density at radius 2 is 2.03 bits per heavy atom. The lowest BCUT2D eigenvalue weighted by atomic mass is 9.86. The minimum atomic E-state index is -4.68. The number of hydrogen-bond acceptors (Lipinski definition) is 5. The quantitative estimate of drug-likeness (QED) is 0.596. The first-order chi connectivity index (χ1) is 13.7. The Morgan fingerprint density at radius 3 is 2.69 bits per heavy atom. The van der Waals surface area contributed by atoms with Gasteiger partial charge in [-0.15, -0.1) is 0 Å². The SMILES string of the molecule is O=C(N[C@@H]1[C@@H]2C[C@@](O)(c3cc(Cl)cc4[nH]ncc34)C[C@@H]21)c1cc(C(F)(F)F)no1. The summed E-state index contributed by atoms with van der Waals surface area (Å²) in [6, 6.07) is 3.78. The molecule has 152 valence electrons. The van der Waals surface area contributed by atoms with E-state index in [4.69, 9.17) is 11.6 Å². The Kier molecular flexibility index (Phi) is 3.79. The van der Waals surface area contributed by atoms with E-state index in [1.807, 2.05) is 0 Å². The maximum Gasteiger partial charge on any atom is 0.436 e. The van der Waals surface area contributed by atoms with Gasteiger partial charge >= 0.3 is 6.18 Å². The van der Waals surface area contributed by atoms with Crippen molar-refractivity contribution in [2.45, 2.75) is 30.7 Å². The molecule has 2 aromatic heterocycles. The Bertz CT molecular complexity index is 1110. The molecule has 2 saturated carbocycles. The fraction of sp³-hybridized carbons (Fsp3) is 0.389.